The maximum absolute atomic E-state index is 12.4. The van der Waals surface area contributed by atoms with E-state index in [1.54, 1.807) is 72.8 Å². The van der Waals surface area contributed by atoms with Gasteiger partial charge >= 0.3 is 11.7 Å². The minimum absolute atomic E-state index is 0.197. The number of benzene rings is 3. The minimum atomic E-state index is -0.786. The zero-order valence-electron chi connectivity index (χ0n) is 16.8. The molecule has 3 aromatic rings. The predicted molar refractivity (Wildman–Crippen MR) is 118 cm³/mol. The van der Waals surface area contributed by atoms with Crippen molar-refractivity contribution in [3.63, 3.8) is 0 Å². The number of para-hydroxylation sites is 1. The molecule has 1 N–H and O–H groups in total. The second-order valence-corrected chi connectivity index (χ2v) is 6.56. The Balaban J connectivity index is 1.65. The Labute approximate surface area is 180 Å². The highest BCUT2D eigenvalue weighted by Crippen LogP contribution is 2.15. The number of anilines is 1. The van der Waals surface area contributed by atoms with Crippen LogP contribution in [0, 0.1) is 18.8 Å². The van der Waals surface area contributed by atoms with E-state index in [4.69, 9.17) is 4.74 Å². The molecule has 0 unspecified atom stereocenters. The molecule has 0 aliphatic carbocycles. The Bertz CT molecular complexity index is 1200. The lowest BCUT2D eigenvalue weighted by atomic mass is 10.1. The van der Waals surface area contributed by atoms with Gasteiger partial charge in [-0.3, -0.25) is 4.79 Å². The standard InChI is InChI=1S/C25H19N3O3/c1-18-13-15-20(16-14-18)23(28-26)25(30)31-17-7-11-19-8-5-6-12-22(19)27-24(29)21-9-3-2-4-10-21/h2-6,8-10,12-16H,17H2,1H3,(H,27,29). The van der Waals surface area contributed by atoms with Gasteiger partial charge in [0.15, 0.2) is 6.61 Å². The van der Waals surface area contributed by atoms with Gasteiger partial charge in [-0.1, -0.05) is 59.9 Å². The fourth-order valence-corrected chi connectivity index (χ4v) is 2.71. The molecule has 3 rings (SSSR count). The van der Waals surface area contributed by atoms with Gasteiger partial charge in [-0.05, 0) is 43.3 Å². The van der Waals surface area contributed by atoms with E-state index in [9.17, 15) is 15.1 Å². The van der Waals surface area contributed by atoms with E-state index in [0.717, 1.165) is 5.56 Å². The van der Waals surface area contributed by atoms with Crippen molar-refractivity contribution in [2.75, 3.05) is 11.9 Å². The summed E-state index contributed by atoms with van der Waals surface area (Å²) in [5, 5.41) is 2.83. The van der Waals surface area contributed by atoms with Crippen molar-refractivity contribution in [2.45, 2.75) is 6.92 Å². The summed E-state index contributed by atoms with van der Waals surface area (Å²) in [7, 11) is 0. The van der Waals surface area contributed by atoms with Crippen molar-refractivity contribution < 1.29 is 19.1 Å². The normalized spacial score (nSPS) is 9.58. The number of rotatable bonds is 5. The fourth-order valence-electron chi connectivity index (χ4n) is 2.71. The Morgan fingerprint density at radius 1 is 0.935 bits per heavy atom. The van der Waals surface area contributed by atoms with Crippen molar-refractivity contribution in [3.05, 3.63) is 107 Å². The van der Waals surface area contributed by atoms with Gasteiger partial charge in [-0.25, -0.2) is 4.79 Å². The van der Waals surface area contributed by atoms with Crippen LogP contribution in [0.1, 0.15) is 27.0 Å². The van der Waals surface area contributed by atoms with Gasteiger partial charge in [0.1, 0.15) is 0 Å². The van der Waals surface area contributed by atoms with Gasteiger partial charge in [0.25, 0.3) is 5.91 Å². The molecule has 0 bridgehead atoms. The van der Waals surface area contributed by atoms with Gasteiger partial charge in [0, 0.05) is 11.1 Å². The summed E-state index contributed by atoms with van der Waals surface area (Å²) in [5.41, 5.74) is 12.1. The summed E-state index contributed by atoms with van der Waals surface area (Å²) in [5.74, 6) is 4.60. The van der Waals surface area contributed by atoms with Crippen LogP contribution in [-0.4, -0.2) is 29.0 Å². The molecule has 0 fully saturated rings. The number of carbonyl (C=O) groups is 2. The van der Waals surface area contributed by atoms with Crippen molar-refractivity contribution in [1.82, 2.24) is 0 Å². The molecular formula is C25H19N3O3. The molecule has 0 atom stereocenters. The molecule has 152 valence electrons. The van der Waals surface area contributed by atoms with E-state index in [0.29, 0.717) is 22.4 Å². The number of nitrogens with zero attached hydrogens (tertiary/aromatic N) is 2. The third-order valence-electron chi connectivity index (χ3n) is 4.33. The summed E-state index contributed by atoms with van der Waals surface area (Å²) in [6, 6.07) is 22.9. The Hall–Kier alpha value is -4.46. The van der Waals surface area contributed by atoms with Crippen molar-refractivity contribution >= 4 is 23.3 Å². The number of aryl methyl sites for hydroxylation is 1. The molecule has 0 saturated heterocycles. The zero-order chi connectivity index (χ0) is 22.1. The Kier molecular flexibility index (Phi) is 7.10. The second-order valence-electron chi connectivity index (χ2n) is 6.56. The molecule has 0 spiro atoms. The predicted octanol–water partition coefficient (Wildman–Crippen LogP) is 3.86. The number of amides is 1. The number of nitrogens with one attached hydrogen (secondary N) is 1. The first kappa shape index (κ1) is 21.3. The molecule has 0 aromatic heterocycles. The van der Waals surface area contributed by atoms with Crippen molar-refractivity contribution in [2.24, 2.45) is 0 Å². The smallest absolute Gasteiger partial charge is 0.423 e. The molecule has 31 heavy (non-hydrogen) atoms. The summed E-state index contributed by atoms with van der Waals surface area (Å²) in [6.07, 6.45) is 0. The summed E-state index contributed by atoms with van der Waals surface area (Å²) in [4.78, 5) is 27.6. The third-order valence-corrected chi connectivity index (χ3v) is 4.33. The number of hydrogen-bond acceptors (Lipinski definition) is 3. The van der Waals surface area contributed by atoms with Crippen molar-refractivity contribution in [1.29, 1.82) is 0 Å². The molecule has 0 aliphatic heterocycles. The van der Waals surface area contributed by atoms with Gasteiger partial charge < -0.3 is 15.6 Å². The number of ether oxygens (including phenoxy) is 1. The van der Waals surface area contributed by atoms with Crippen LogP contribution in [0.4, 0.5) is 5.69 Å². The lowest BCUT2D eigenvalue weighted by Gasteiger charge is -2.07. The van der Waals surface area contributed by atoms with Crippen LogP contribution in [0.5, 0.6) is 0 Å². The van der Waals surface area contributed by atoms with Crippen LogP contribution in [0.15, 0.2) is 78.9 Å². The van der Waals surface area contributed by atoms with Gasteiger partial charge in [0.05, 0.1) is 11.3 Å². The van der Waals surface area contributed by atoms with E-state index < -0.39 is 5.97 Å². The molecule has 0 heterocycles. The highest BCUT2D eigenvalue weighted by Gasteiger charge is 2.24. The van der Waals surface area contributed by atoms with Crippen LogP contribution >= 0.6 is 0 Å². The van der Waals surface area contributed by atoms with E-state index in [2.05, 4.69) is 21.9 Å². The molecule has 0 radical (unpaired) electrons. The fraction of sp³-hybridized carbons (Fsp3) is 0.0800. The topological polar surface area (TPSA) is 91.8 Å². The van der Waals surface area contributed by atoms with Gasteiger partial charge in [-0.15, -0.1) is 0 Å². The first-order chi connectivity index (χ1) is 15.1. The van der Waals surface area contributed by atoms with Crippen LogP contribution in [0.3, 0.4) is 0 Å². The summed E-state index contributed by atoms with van der Waals surface area (Å²) >= 11 is 0. The summed E-state index contributed by atoms with van der Waals surface area (Å²) in [6.45, 7) is 1.71. The molecular weight excluding hydrogens is 390 g/mol. The molecule has 6 heteroatoms. The van der Waals surface area contributed by atoms with Crippen LogP contribution in [-0.2, 0) is 9.53 Å². The maximum atomic E-state index is 12.4. The number of hydrogen-bond donors (Lipinski definition) is 1. The zero-order valence-corrected chi connectivity index (χ0v) is 16.8. The second kappa shape index (κ2) is 10.4. The largest absolute Gasteiger partial charge is 0.444 e. The monoisotopic (exact) mass is 409 g/mol. The van der Waals surface area contributed by atoms with E-state index in [-0.39, 0.29) is 18.2 Å². The molecule has 3 aromatic carbocycles. The van der Waals surface area contributed by atoms with Crippen LogP contribution < -0.4 is 5.32 Å². The van der Waals surface area contributed by atoms with E-state index >= 15 is 0 Å². The van der Waals surface area contributed by atoms with E-state index in [1.165, 1.54) is 0 Å². The Morgan fingerprint density at radius 2 is 1.61 bits per heavy atom. The first-order valence-electron chi connectivity index (χ1n) is 9.49. The third kappa shape index (κ3) is 5.77. The highest BCUT2D eigenvalue weighted by atomic mass is 16.5. The molecule has 0 saturated carbocycles. The average molecular weight is 409 g/mol. The van der Waals surface area contributed by atoms with Gasteiger partial charge in [-0.2, -0.15) is 4.79 Å². The SMILES string of the molecule is Cc1ccc(C(=[N+]=[N-])C(=O)OCC#Cc2ccccc2NC(=O)c2ccccc2)cc1. The van der Waals surface area contributed by atoms with Crippen LogP contribution in [0.25, 0.3) is 5.53 Å². The first-order valence-corrected chi connectivity index (χ1v) is 9.49. The quantitative estimate of drug-likeness (QED) is 0.228. The maximum Gasteiger partial charge on any atom is 0.423 e. The minimum Gasteiger partial charge on any atom is -0.444 e. The lowest BCUT2D eigenvalue weighted by Crippen LogP contribution is -2.20. The van der Waals surface area contributed by atoms with E-state index in [1.807, 2.05) is 13.0 Å². The molecule has 6 nitrogen and oxygen atoms in total. The lowest BCUT2D eigenvalue weighted by molar-refractivity contribution is -0.138. The number of esters is 1. The number of carbonyl (C=O) groups excluding carboxylic acids is 2. The average Bonchev–Trinajstić information content (AvgIpc) is 2.80. The molecule has 1 amide bonds. The Morgan fingerprint density at radius 3 is 2.32 bits per heavy atom. The molecule has 0 aliphatic rings. The van der Waals surface area contributed by atoms with Crippen molar-refractivity contribution in [3.8, 4) is 11.8 Å². The van der Waals surface area contributed by atoms with Crippen LogP contribution in [0.2, 0.25) is 0 Å². The summed E-state index contributed by atoms with van der Waals surface area (Å²) < 4.78 is 5.10. The highest BCUT2D eigenvalue weighted by molar-refractivity contribution is 6.40. The van der Waals surface area contributed by atoms with Gasteiger partial charge in [0.2, 0.25) is 0 Å².